The number of rotatable bonds is 6. The van der Waals surface area contributed by atoms with Crippen LogP contribution in [0.15, 0.2) is 61.1 Å². The van der Waals surface area contributed by atoms with Gasteiger partial charge < -0.3 is 9.47 Å². The van der Waals surface area contributed by atoms with E-state index in [2.05, 4.69) is 21.8 Å². The van der Waals surface area contributed by atoms with Crippen LogP contribution >= 0.6 is 11.8 Å². The summed E-state index contributed by atoms with van der Waals surface area (Å²) < 4.78 is 4.05. The number of benzene rings is 1. The molecule has 1 aliphatic heterocycles. The quantitative estimate of drug-likeness (QED) is 0.651. The molecule has 0 saturated carbocycles. The third kappa shape index (κ3) is 4.11. The highest BCUT2D eigenvalue weighted by atomic mass is 32.2. The van der Waals surface area contributed by atoms with Gasteiger partial charge in [-0.05, 0) is 43.5 Å². The molecule has 1 saturated heterocycles. The Hall–Kier alpha value is -2.47. The molecule has 0 radical (unpaired) electrons. The highest BCUT2D eigenvalue weighted by Gasteiger charge is 2.18. The number of hydrogen-bond donors (Lipinski definition) is 0. The molecule has 3 heterocycles. The molecule has 3 aromatic rings. The van der Waals surface area contributed by atoms with E-state index in [1.165, 1.54) is 6.42 Å². The Balaban J connectivity index is 1.49. The van der Waals surface area contributed by atoms with Crippen molar-refractivity contribution < 1.29 is 4.79 Å². The predicted octanol–water partition coefficient (Wildman–Crippen LogP) is 3.91. The van der Waals surface area contributed by atoms with Crippen molar-refractivity contribution in [2.75, 3.05) is 18.8 Å². The highest BCUT2D eigenvalue weighted by Crippen LogP contribution is 2.24. The van der Waals surface area contributed by atoms with Crippen molar-refractivity contribution in [3.05, 3.63) is 66.6 Å². The van der Waals surface area contributed by atoms with Crippen molar-refractivity contribution in [2.45, 2.75) is 25.0 Å². The van der Waals surface area contributed by atoms with E-state index in [0.717, 1.165) is 48.8 Å². The van der Waals surface area contributed by atoms with E-state index in [-0.39, 0.29) is 5.91 Å². The van der Waals surface area contributed by atoms with Crippen LogP contribution in [0, 0.1) is 0 Å². The number of likely N-dealkylation sites (tertiary alicyclic amines) is 1. The number of amides is 1. The number of aromatic nitrogens is 3. The number of nitrogens with zero attached hydrogens (tertiary/aromatic N) is 4. The lowest BCUT2D eigenvalue weighted by molar-refractivity contribution is -0.129. The second-order valence-corrected chi connectivity index (χ2v) is 7.75. The molecule has 1 aliphatic rings. The van der Waals surface area contributed by atoms with Gasteiger partial charge in [0.05, 0.1) is 17.6 Å². The average Bonchev–Trinajstić information content (AvgIpc) is 3.39. The summed E-state index contributed by atoms with van der Waals surface area (Å²) in [4.78, 5) is 14.4. The van der Waals surface area contributed by atoms with Crippen LogP contribution in [0.3, 0.4) is 0 Å². The first-order valence-electron chi connectivity index (χ1n) is 9.44. The number of carbonyl (C=O) groups excluding carboxylic acids is 1. The minimum absolute atomic E-state index is 0.262. The Bertz CT molecular complexity index is 867. The van der Waals surface area contributed by atoms with Gasteiger partial charge in [-0.15, -0.1) is 11.8 Å². The fraction of sp³-hybridized carbons (Fsp3) is 0.333. The van der Waals surface area contributed by atoms with Crippen LogP contribution in [0.1, 0.15) is 24.8 Å². The van der Waals surface area contributed by atoms with Gasteiger partial charge in [-0.25, -0.2) is 4.68 Å². The van der Waals surface area contributed by atoms with Crippen LogP contribution in [-0.4, -0.2) is 44.0 Å². The van der Waals surface area contributed by atoms with E-state index in [9.17, 15) is 4.79 Å². The standard InChI is InChI=1S/C21H24N4OS/c26-20(23-11-5-2-6-12-23)17-27-16-18-15-22-25(19-9-3-1-4-10-19)21(18)24-13-7-8-14-24/h1,3-4,7-10,13-15H,2,5-6,11-12,16-17H2. The van der Waals surface area contributed by atoms with Crippen molar-refractivity contribution in [1.82, 2.24) is 19.2 Å². The Morgan fingerprint density at radius 1 is 1.00 bits per heavy atom. The lowest BCUT2D eigenvalue weighted by Gasteiger charge is -2.26. The third-order valence-electron chi connectivity index (χ3n) is 4.86. The maximum absolute atomic E-state index is 12.4. The van der Waals surface area contributed by atoms with E-state index in [1.807, 2.05) is 58.5 Å². The molecule has 27 heavy (non-hydrogen) atoms. The summed E-state index contributed by atoms with van der Waals surface area (Å²) in [6.45, 7) is 1.83. The van der Waals surface area contributed by atoms with Crippen LogP contribution < -0.4 is 0 Å². The molecular formula is C21H24N4OS. The summed E-state index contributed by atoms with van der Waals surface area (Å²) in [5, 5.41) is 4.62. The van der Waals surface area contributed by atoms with Gasteiger partial charge in [0.1, 0.15) is 5.82 Å². The maximum atomic E-state index is 12.4. The number of hydrogen-bond acceptors (Lipinski definition) is 3. The molecule has 0 unspecified atom stereocenters. The predicted molar refractivity (Wildman–Crippen MR) is 109 cm³/mol. The van der Waals surface area contributed by atoms with Gasteiger partial charge in [0.15, 0.2) is 0 Å². The molecular weight excluding hydrogens is 356 g/mol. The molecule has 0 N–H and O–H groups in total. The lowest BCUT2D eigenvalue weighted by Crippen LogP contribution is -2.36. The summed E-state index contributed by atoms with van der Waals surface area (Å²) >= 11 is 1.67. The van der Waals surface area contributed by atoms with Crippen molar-refractivity contribution in [1.29, 1.82) is 0 Å². The molecule has 4 rings (SSSR count). The van der Waals surface area contributed by atoms with Gasteiger partial charge in [0.25, 0.3) is 0 Å². The van der Waals surface area contributed by atoms with Gasteiger partial charge in [0.2, 0.25) is 5.91 Å². The van der Waals surface area contributed by atoms with Crippen molar-refractivity contribution in [2.24, 2.45) is 0 Å². The first kappa shape index (κ1) is 17.9. The second-order valence-electron chi connectivity index (χ2n) is 6.77. The van der Waals surface area contributed by atoms with Crippen molar-refractivity contribution in [3.63, 3.8) is 0 Å². The SMILES string of the molecule is O=C(CSCc1cnn(-c2ccccc2)c1-n1cccc1)N1CCCCC1. The molecule has 0 aliphatic carbocycles. The number of para-hydroxylation sites is 1. The summed E-state index contributed by atoms with van der Waals surface area (Å²) in [6.07, 6.45) is 9.50. The van der Waals surface area contributed by atoms with Crippen LogP contribution in [0.2, 0.25) is 0 Å². The van der Waals surface area contributed by atoms with Gasteiger partial charge in [0, 0.05) is 36.8 Å². The van der Waals surface area contributed by atoms with Gasteiger partial charge in [-0.1, -0.05) is 18.2 Å². The molecule has 0 atom stereocenters. The fourth-order valence-electron chi connectivity index (χ4n) is 3.47. The van der Waals surface area contributed by atoms with Crippen molar-refractivity contribution >= 4 is 17.7 Å². The van der Waals surface area contributed by atoms with Gasteiger partial charge >= 0.3 is 0 Å². The van der Waals surface area contributed by atoms with Crippen LogP contribution in [0.4, 0.5) is 0 Å². The van der Waals surface area contributed by atoms with Crippen LogP contribution in [-0.2, 0) is 10.5 Å². The molecule has 1 fully saturated rings. The zero-order valence-corrected chi connectivity index (χ0v) is 16.1. The fourth-order valence-corrected chi connectivity index (χ4v) is 4.35. The van der Waals surface area contributed by atoms with E-state index in [1.54, 1.807) is 11.8 Å². The largest absolute Gasteiger partial charge is 0.342 e. The molecule has 1 amide bonds. The van der Waals surface area contributed by atoms with E-state index < -0.39 is 0 Å². The maximum Gasteiger partial charge on any atom is 0.232 e. The number of carbonyl (C=O) groups is 1. The molecule has 2 aromatic heterocycles. The summed E-state index contributed by atoms with van der Waals surface area (Å²) in [5.74, 6) is 2.59. The lowest BCUT2D eigenvalue weighted by atomic mass is 10.1. The number of thioether (sulfide) groups is 1. The van der Waals surface area contributed by atoms with Crippen LogP contribution in [0.5, 0.6) is 0 Å². The summed E-state index contributed by atoms with van der Waals surface area (Å²) in [5.41, 5.74) is 2.16. The molecule has 6 heteroatoms. The molecule has 1 aromatic carbocycles. The van der Waals surface area contributed by atoms with E-state index >= 15 is 0 Å². The minimum Gasteiger partial charge on any atom is -0.342 e. The summed E-state index contributed by atoms with van der Waals surface area (Å²) in [6, 6.07) is 14.2. The zero-order valence-electron chi connectivity index (χ0n) is 15.3. The first-order chi connectivity index (χ1) is 13.3. The van der Waals surface area contributed by atoms with E-state index in [4.69, 9.17) is 0 Å². The second kappa shape index (κ2) is 8.48. The normalized spacial score (nSPS) is 14.4. The van der Waals surface area contributed by atoms with Gasteiger partial charge in [-0.3, -0.25) is 4.79 Å². The van der Waals surface area contributed by atoms with Crippen molar-refractivity contribution in [3.8, 4) is 11.5 Å². The smallest absolute Gasteiger partial charge is 0.232 e. The molecule has 0 spiro atoms. The number of piperidine rings is 1. The monoisotopic (exact) mass is 380 g/mol. The van der Waals surface area contributed by atoms with E-state index in [0.29, 0.717) is 5.75 Å². The Kier molecular flexibility index (Phi) is 5.63. The molecule has 140 valence electrons. The van der Waals surface area contributed by atoms with Crippen LogP contribution in [0.25, 0.3) is 11.5 Å². The summed E-state index contributed by atoms with van der Waals surface area (Å²) in [7, 11) is 0. The third-order valence-corrected chi connectivity index (χ3v) is 5.82. The average molecular weight is 381 g/mol. The molecule has 5 nitrogen and oxygen atoms in total. The Labute approximate surface area is 164 Å². The topological polar surface area (TPSA) is 43.1 Å². The Morgan fingerprint density at radius 3 is 2.48 bits per heavy atom. The molecule has 0 bridgehead atoms. The minimum atomic E-state index is 0.262. The Morgan fingerprint density at radius 2 is 1.74 bits per heavy atom. The van der Waals surface area contributed by atoms with Gasteiger partial charge in [-0.2, -0.15) is 5.10 Å². The highest BCUT2D eigenvalue weighted by molar-refractivity contribution is 7.99. The zero-order chi connectivity index (χ0) is 18.5. The first-order valence-corrected chi connectivity index (χ1v) is 10.6.